The second-order valence-electron chi connectivity index (χ2n) is 4.78. The van der Waals surface area contributed by atoms with Crippen LogP contribution in [0.3, 0.4) is 0 Å². The van der Waals surface area contributed by atoms with E-state index in [1.54, 1.807) is 7.05 Å². The molecule has 0 bridgehead atoms. The maximum atomic E-state index is 13.1. The molecule has 23 heavy (non-hydrogen) atoms. The number of likely N-dealkylation sites (N-methyl/N-ethyl adjacent to an activating group) is 1. The standard InChI is InChI=1S/C14H16BrClFN3O.I2/c1-7-6-10(15)8(2)19(4)13(7)12-11(16)14(20(5)18-12)21-9(3)17;1-2/h6,9H,2H2,1,3-5H3;. The maximum absolute atomic E-state index is 13.1. The number of aryl methyl sites for hydroxylation is 1. The van der Waals surface area contributed by atoms with Gasteiger partial charge in [0.1, 0.15) is 10.7 Å². The highest BCUT2D eigenvalue weighted by Crippen LogP contribution is 2.40. The van der Waals surface area contributed by atoms with E-state index in [4.69, 9.17) is 16.3 Å². The highest BCUT2D eigenvalue weighted by molar-refractivity contribution is 15.0. The molecule has 4 nitrogen and oxygen atoms in total. The molecule has 1 aliphatic heterocycles. The van der Waals surface area contributed by atoms with Gasteiger partial charge in [0.2, 0.25) is 12.2 Å². The summed E-state index contributed by atoms with van der Waals surface area (Å²) >= 11 is 14.0. The zero-order valence-electron chi connectivity index (χ0n) is 13.0. The van der Waals surface area contributed by atoms with Crippen molar-refractivity contribution in [2.24, 2.45) is 7.05 Å². The molecular formula is C14H16BrClFI2N3O. The summed E-state index contributed by atoms with van der Waals surface area (Å²) in [6.07, 6.45) is 0.481. The fourth-order valence-electron chi connectivity index (χ4n) is 2.16. The van der Waals surface area contributed by atoms with E-state index in [2.05, 4.69) is 64.8 Å². The van der Waals surface area contributed by atoms with Crippen LogP contribution in [0.1, 0.15) is 19.5 Å². The van der Waals surface area contributed by atoms with Crippen LogP contribution in [0.25, 0.3) is 5.70 Å². The Bertz CT molecular complexity index is 673. The zero-order valence-corrected chi connectivity index (χ0v) is 19.7. The Morgan fingerprint density at radius 3 is 2.52 bits per heavy atom. The van der Waals surface area contributed by atoms with Gasteiger partial charge in [-0.2, -0.15) is 5.10 Å². The minimum atomic E-state index is -1.46. The highest BCUT2D eigenvalue weighted by atomic mass is 128. The smallest absolute Gasteiger partial charge is 0.237 e. The number of hydrogen-bond acceptors (Lipinski definition) is 3. The molecule has 0 radical (unpaired) electrons. The molecule has 0 amide bonds. The van der Waals surface area contributed by atoms with Crippen LogP contribution in [-0.4, -0.2) is 28.1 Å². The number of alkyl halides is 1. The Balaban J connectivity index is 0.00000127. The summed E-state index contributed by atoms with van der Waals surface area (Å²) in [5.74, 6) is 0.203. The number of aromatic nitrogens is 2. The Hall–Kier alpha value is 0.190. The van der Waals surface area contributed by atoms with Gasteiger partial charge >= 0.3 is 0 Å². The van der Waals surface area contributed by atoms with Crippen LogP contribution in [0.2, 0.25) is 5.02 Å². The number of allylic oxidation sites excluding steroid dienone is 3. The van der Waals surface area contributed by atoms with Crippen molar-refractivity contribution in [1.82, 2.24) is 14.7 Å². The van der Waals surface area contributed by atoms with Gasteiger partial charge in [0, 0.05) is 68.4 Å². The molecule has 0 aromatic carbocycles. The van der Waals surface area contributed by atoms with Crippen LogP contribution < -0.4 is 4.74 Å². The van der Waals surface area contributed by atoms with Gasteiger partial charge in [-0.25, -0.2) is 9.07 Å². The summed E-state index contributed by atoms with van der Waals surface area (Å²) < 4.78 is 20.5. The number of nitrogens with zero attached hydrogens (tertiary/aromatic N) is 3. The van der Waals surface area contributed by atoms with Gasteiger partial charge in [-0.05, 0) is 34.5 Å². The first-order valence-corrected chi connectivity index (χ1v) is 13.9. The summed E-state index contributed by atoms with van der Waals surface area (Å²) in [5, 5.41) is 4.64. The first kappa shape index (κ1) is 21.2. The molecule has 0 saturated carbocycles. The van der Waals surface area contributed by atoms with Crippen molar-refractivity contribution in [3.05, 3.63) is 39.1 Å². The van der Waals surface area contributed by atoms with Crippen molar-refractivity contribution in [3.63, 3.8) is 0 Å². The van der Waals surface area contributed by atoms with Crippen LogP contribution in [0, 0.1) is 0 Å². The molecule has 1 aliphatic rings. The van der Waals surface area contributed by atoms with E-state index >= 15 is 0 Å². The molecular weight excluding hydrogens is 614 g/mol. The predicted octanol–water partition coefficient (Wildman–Crippen LogP) is 6.01. The van der Waals surface area contributed by atoms with Crippen LogP contribution >= 0.6 is 64.8 Å². The molecule has 2 heterocycles. The number of hydrogen-bond donors (Lipinski definition) is 0. The fourth-order valence-corrected chi connectivity index (χ4v) is 3.07. The average Bonchev–Trinajstić information content (AvgIpc) is 2.75. The van der Waals surface area contributed by atoms with Gasteiger partial charge in [0.25, 0.3) is 0 Å². The molecule has 1 atom stereocenters. The maximum Gasteiger partial charge on any atom is 0.237 e. The third kappa shape index (κ3) is 4.63. The Morgan fingerprint density at radius 2 is 2.00 bits per heavy atom. The summed E-state index contributed by atoms with van der Waals surface area (Å²) in [5.41, 5.74) is 3.10. The lowest BCUT2D eigenvalue weighted by atomic mass is 10.1. The van der Waals surface area contributed by atoms with E-state index in [1.165, 1.54) is 11.6 Å². The SMILES string of the molecule is C=C1C(Br)=CC(C)=C(c2nn(C)c(OC(C)F)c2Cl)N1C.II. The Morgan fingerprint density at radius 1 is 1.43 bits per heavy atom. The second kappa shape index (κ2) is 9.04. The molecule has 0 N–H and O–H groups in total. The third-order valence-electron chi connectivity index (χ3n) is 3.17. The summed E-state index contributed by atoms with van der Waals surface area (Å²) in [7, 11) is 3.53. The van der Waals surface area contributed by atoms with Gasteiger partial charge in [0.15, 0.2) is 0 Å². The minimum Gasteiger partial charge on any atom is -0.442 e. The molecule has 0 spiro atoms. The lowest BCUT2D eigenvalue weighted by molar-refractivity contribution is 0.0763. The van der Waals surface area contributed by atoms with E-state index in [-0.39, 0.29) is 10.9 Å². The molecule has 0 saturated heterocycles. The third-order valence-corrected chi connectivity index (χ3v) is 4.20. The van der Waals surface area contributed by atoms with Crippen molar-refractivity contribution in [1.29, 1.82) is 0 Å². The molecule has 1 aromatic heterocycles. The number of rotatable bonds is 3. The molecule has 1 unspecified atom stereocenters. The second-order valence-corrected chi connectivity index (χ2v) is 6.01. The van der Waals surface area contributed by atoms with Gasteiger partial charge in [-0.3, -0.25) is 0 Å². The zero-order chi connectivity index (χ0) is 17.9. The van der Waals surface area contributed by atoms with E-state index < -0.39 is 6.36 Å². The summed E-state index contributed by atoms with van der Waals surface area (Å²) in [6, 6.07) is 0. The summed E-state index contributed by atoms with van der Waals surface area (Å²) in [4.78, 5) is 1.89. The van der Waals surface area contributed by atoms with Crippen molar-refractivity contribution in [3.8, 4) is 5.88 Å². The molecule has 0 fully saturated rings. The van der Waals surface area contributed by atoms with Crippen LogP contribution in [0.15, 0.2) is 28.4 Å². The molecule has 2 rings (SSSR count). The minimum absolute atomic E-state index is 0.203. The van der Waals surface area contributed by atoms with E-state index in [0.29, 0.717) is 5.69 Å². The van der Waals surface area contributed by atoms with Crippen molar-refractivity contribution < 1.29 is 9.13 Å². The lowest BCUT2D eigenvalue weighted by Crippen LogP contribution is -2.20. The molecule has 0 aliphatic carbocycles. The molecule has 9 heteroatoms. The van der Waals surface area contributed by atoms with Crippen LogP contribution in [-0.2, 0) is 7.05 Å². The number of halogens is 5. The largest absolute Gasteiger partial charge is 0.442 e. The topological polar surface area (TPSA) is 30.3 Å². The van der Waals surface area contributed by atoms with Crippen molar-refractivity contribution >= 4 is 70.5 Å². The quantitative estimate of drug-likeness (QED) is 0.384. The van der Waals surface area contributed by atoms with Crippen LogP contribution in [0.4, 0.5) is 4.39 Å². The van der Waals surface area contributed by atoms with E-state index in [9.17, 15) is 4.39 Å². The predicted molar refractivity (Wildman–Crippen MR) is 114 cm³/mol. The highest BCUT2D eigenvalue weighted by Gasteiger charge is 2.27. The van der Waals surface area contributed by atoms with E-state index in [1.807, 2.05) is 24.9 Å². The first-order chi connectivity index (χ1) is 10.7. The lowest BCUT2D eigenvalue weighted by Gasteiger charge is -2.29. The Labute approximate surface area is 172 Å². The monoisotopic (exact) mass is 629 g/mol. The molecule has 1 aromatic rings. The Kier molecular flexibility index (Phi) is 8.35. The number of ether oxygens (including phenoxy) is 1. The van der Waals surface area contributed by atoms with Gasteiger partial charge in [-0.1, -0.05) is 18.2 Å². The average molecular weight is 630 g/mol. The van der Waals surface area contributed by atoms with Crippen molar-refractivity contribution in [2.45, 2.75) is 20.2 Å². The van der Waals surface area contributed by atoms with E-state index in [0.717, 1.165) is 21.4 Å². The normalized spacial score (nSPS) is 16.0. The van der Waals surface area contributed by atoms with Gasteiger partial charge < -0.3 is 9.64 Å². The van der Waals surface area contributed by atoms with Crippen LogP contribution in [0.5, 0.6) is 5.88 Å². The fraction of sp³-hybridized carbons (Fsp3) is 0.357. The van der Waals surface area contributed by atoms with Crippen molar-refractivity contribution in [2.75, 3.05) is 7.05 Å². The molecule has 128 valence electrons. The summed E-state index contributed by atoms with van der Waals surface area (Å²) in [6.45, 7) is 7.24. The van der Waals surface area contributed by atoms with Gasteiger partial charge in [0.05, 0.1) is 5.70 Å². The van der Waals surface area contributed by atoms with Gasteiger partial charge in [-0.15, -0.1) is 0 Å². The first-order valence-electron chi connectivity index (χ1n) is 6.43.